The summed E-state index contributed by atoms with van der Waals surface area (Å²) < 4.78 is 11.8. The molecule has 0 bridgehead atoms. The monoisotopic (exact) mass is 437 g/mol. The maximum atomic E-state index is 12.9. The van der Waals surface area contributed by atoms with Gasteiger partial charge in [-0.1, -0.05) is 12.8 Å². The zero-order chi connectivity index (χ0) is 22.6. The third-order valence-electron chi connectivity index (χ3n) is 6.00. The van der Waals surface area contributed by atoms with Crippen LogP contribution in [0.5, 0.6) is 5.88 Å². The number of nitrogens with one attached hydrogen (secondary N) is 2. The second-order valence-corrected chi connectivity index (χ2v) is 8.14. The molecule has 1 aliphatic carbocycles. The first-order valence-corrected chi connectivity index (χ1v) is 10.6. The molecule has 2 N–H and O–H groups in total. The number of hydrogen-bond donors (Lipinski definition) is 2. The van der Waals surface area contributed by atoms with E-state index in [1.807, 2.05) is 0 Å². The maximum absolute atomic E-state index is 12.9. The van der Waals surface area contributed by atoms with Gasteiger partial charge in [-0.2, -0.15) is 0 Å². The first kappa shape index (κ1) is 21.8. The molecule has 0 radical (unpaired) electrons. The zero-order valence-corrected chi connectivity index (χ0v) is 18.3. The van der Waals surface area contributed by atoms with Crippen molar-refractivity contribution < 1.29 is 14.3 Å². The van der Waals surface area contributed by atoms with Crippen molar-refractivity contribution in [1.82, 2.24) is 25.1 Å². The topological polar surface area (TPSA) is 111 Å². The van der Waals surface area contributed by atoms with Crippen LogP contribution in [0.4, 0.5) is 0 Å². The lowest BCUT2D eigenvalue weighted by Gasteiger charge is -2.28. The summed E-state index contributed by atoms with van der Waals surface area (Å²) in [4.78, 5) is 33.9. The van der Waals surface area contributed by atoms with Gasteiger partial charge in [0.05, 0.1) is 24.8 Å². The lowest BCUT2D eigenvalue weighted by Crippen LogP contribution is -2.38. The number of hydrogen-bond acceptors (Lipinski definition) is 6. The quantitative estimate of drug-likeness (QED) is 0.560. The van der Waals surface area contributed by atoms with Crippen molar-refractivity contribution in [2.45, 2.75) is 25.7 Å². The van der Waals surface area contributed by atoms with Crippen molar-refractivity contribution in [2.75, 3.05) is 27.4 Å². The van der Waals surface area contributed by atoms with Crippen molar-refractivity contribution in [3.63, 3.8) is 0 Å². The van der Waals surface area contributed by atoms with Crippen LogP contribution in [0.3, 0.4) is 0 Å². The Morgan fingerprint density at radius 2 is 2.03 bits per heavy atom. The number of ether oxygens (including phenoxy) is 2. The molecule has 1 aliphatic rings. The summed E-state index contributed by atoms with van der Waals surface area (Å²) in [5.41, 5.74) is 1.35. The second kappa shape index (κ2) is 9.35. The van der Waals surface area contributed by atoms with Gasteiger partial charge in [0, 0.05) is 43.7 Å². The van der Waals surface area contributed by atoms with Gasteiger partial charge >= 0.3 is 0 Å². The summed E-state index contributed by atoms with van der Waals surface area (Å²) in [6, 6.07) is 6.73. The predicted octanol–water partition coefficient (Wildman–Crippen LogP) is 2.57. The predicted molar refractivity (Wildman–Crippen MR) is 119 cm³/mol. The molecule has 1 amide bonds. The molecule has 9 heteroatoms. The minimum atomic E-state index is -0.259. The molecular weight excluding hydrogens is 410 g/mol. The number of H-pyrrole nitrogens is 1. The highest BCUT2D eigenvalue weighted by Gasteiger charge is 2.34. The summed E-state index contributed by atoms with van der Waals surface area (Å²) in [5.74, 6) is 0.633. The van der Waals surface area contributed by atoms with Gasteiger partial charge in [-0.05, 0) is 36.6 Å². The number of pyridine rings is 2. The Hall–Kier alpha value is -3.46. The number of aromatic amines is 1. The van der Waals surface area contributed by atoms with Crippen molar-refractivity contribution in [3.05, 3.63) is 58.8 Å². The van der Waals surface area contributed by atoms with Gasteiger partial charge in [-0.15, -0.1) is 0 Å². The summed E-state index contributed by atoms with van der Waals surface area (Å²) in [7, 11) is 3.22. The molecule has 3 aromatic rings. The fourth-order valence-electron chi connectivity index (χ4n) is 4.26. The van der Waals surface area contributed by atoms with Crippen molar-refractivity contribution >= 4 is 5.91 Å². The van der Waals surface area contributed by atoms with E-state index in [4.69, 9.17) is 9.47 Å². The van der Waals surface area contributed by atoms with E-state index in [0.717, 1.165) is 25.7 Å². The highest BCUT2D eigenvalue weighted by atomic mass is 16.5. The van der Waals surface area contributed by atoms with Gasteiger partial charge in [0.1, 0.15) is 0 Å². The third-order valence-corrected chi connectivity index (χ3v) is 6.00. The minimum absolute atomic E-state index is 0.0153. The van der Waals surface area contributed by atoms with Gasteiger partial charge in [0.15, 0.2) is 5.82 Å². The standard InChI is InChI=1S/C23H27N5O4/c1-31-15-23(8-3-4-9-23)14-26-21(29)17-5-6-19(25-12-17)28-22(30)18(13-27-28)16-7-10-24-20(11-16)32-2/h5-7,10-13,27H,3-4,8-9,14-15H2,1-2H3,(H,26,29). The number of amides is 1. The molecule has 4 rings (SSSR count). The van der Waals surface area contributed by atoms with E-state index in [2.05, 4.69) is 20.4 Å². The van der Waals surface area contributed by atoms with Crippen LogP contribution >= 0.6 is 0 Å². The maximum Gasteiger partial charge on any atom is 0.280 e. The molecule has 168 valence electrons. The fourth-order valence-corrected chi connectivity index (χ4v) is 4.26. The first-order valence-electron chi connectivity index (χ1n) is 10.6. The van der Waals surface area contributed by atoms with Crippen LogP contribution in [0.15, 0.2) is 47.7 Å². The molecule has 0 atom stereocenters. The van der Waals surface area contributed by atoms with Crippen molar-refractivity contribution in [2.24, 2.45) is 5.41 Å². The largest absolute Gasteiger partial charge is 0.481 e. The number of aromatic nitrogens is 4. The summed E-state index contributed by atoms with van der Waals surface area (Å²) in [6.07, 6.45) is 9.10. The van der Waals surface area contributed by atoms with Crippen LogP contribution in [0.1, 0.15) is 36.0 Å². The van der Waals surface area contributed by atoms with Crippen LogP contribution in [-0.4, -0.2) is 53.0 Å². The highest BCUT2D eigenvalue weighted by Crippen LogP contribution is 2.37. The lowest BCUT2D eigenvalue weighted by molar-refractivity contribution is 0.0740. The van der Waals surface area contributed by atoms with Crippen LogP contribution in [0.25, 0.3) is 16.9 Å². The summed E-state index contributed by atoms with van der Waals surface area (Å²) >= 11 is 0. The van der Waals surface area contributed by atoms with Crippen LogP contribution in [0, 0.1) is 5.41 Å². The molecule has 0 unspecified atom stereocenters. The average Bonchev–Trinajstić information content (AvgIpc) is 3.45. The van der Waals surface area contributed by atoms with E-state index < -0.39 is 0 Å². The van der Waals surface area contributed by atoms with E-state index in [9.17, 15) is 9.59 Å². The SMILES string of the molecule is COCC1(CNC(=O)c2ccc(-n3[nH]cc(-c4ccnc(OC)c4)c3=O)nc2)CCCC1. The molecule has 0 saturated heterocycles. The molecule has 9 nitrogen and oxygen atoms in total. The summed E-state index contributed by atoms with van der Waals surface area (Å²) in [6.45, 7) is 1.22. The smallest absolute Gasteiger partial charge is 0.280 e. The van der Waals surface area contributed by atoms with Gasteiger partial charge < -0.3 is 14.8 Å². The van der Waals surface area contributed by atoms with E-state index in [1.165, 1.54) is 18.0 Å². The van der Waals surface area contributed by atoms with Crippen molar-refractivity contribution in [1.29, 1.82) is 0 Å². The number of carbonyl (C=O) groups excluding carboxylic acids is 1. The number of carbonyl (C=O) groups is 1. The molecule has 1 fully saturated rings. The Labute approximate surface area is 185 Å². The molecule has 0 aromatic carbocycles. The zero-order valence-electron chi connectivity index (χ0n) is 18.3. The third kappa shape index (κ3) is 4.43. The average molecular weight is 438 g/mol. The highest BCUT2D eigenvalue weighted by molar-refractivity contribution is 5.94. The fraction of sp³-hybridized carbons (Fsp3) is 0.391. The van der Waals surface area contributed by atoms with Gasteiger partial charge in [-0.25, -0.2) is 14.6 Å². The minimum Gasteiger partial charge on any atom is -0.481 e. The molecule has 3 heterocycles. The molecule has 32 heavy (non-hydrogen) atoms. The Morgan fingerprint density at radius 1 is 1.22 bits per heavy atom. The van der Waals surface area contributed by atoms with E-state index in [-0.39, 0.29) is 16.9 Å². The summed E-state index contributed by atoms with van der Waals surface area (Å²) in [5, 5.41) is 5.94. The lowest BCUT2D eigenvalue weighted by atomic mass is 9.87. The van der Waals surface area contributed by atoms with Crippen LogP contribution in [0.2, 0.25) is 0 Å². The number of rotatable bonds is 8. The normalized spacial score (nSPS) is 14.9. The van der Waals surface area contributed by atoms with Gasteiger partial charge in [0.25, 0.3) is 11.5 Å². The first-order chi connectivity index (χ1) is 15.5. The molecule has 0 aliphatic heterocycles. The van der Waals surface area contributed by atoms with E-state index in [0.29, 0.717) is 41.5 Å². The van der Waals surface area contributed by atoms with E-state index >= 15 is 0 Å². The Balaban J connectivity index is 1.47. The van der Waals surface area contributed by atoms with Gasteiger partial charge in [0.2, 0.25) is 5.88 Å². The number of nitrogens with zero attached hydrogens (tertiary/aromatic N) is 3. The Bertz CT molecular complexity index is 1130. The Morgan fingerprint density at radius 3 is 2.72 bits per heavy atom. The molecule has 3 aromatic heterocycles. The molecule has 1 saturated carbocycles. The molecule has 0 spiro atoms. The van der Waals surface area contributed by atoms with Crippen LogP contribution < -0.4 is 15.6 Å². The second-order valence-electron chi connectivity index (χ2n) is 8.14. The Kier molecular flexibility index (Phi) is 6.36. The number of methoxy groups -OCH3 is 2. The van der Waals surface area contributed by atoms with Crippen LogP contribution in [-0.2, 0) is 4.74 Å². The van der Waals surface area contributed by atoms with E-state index in [1.54, 1.807) is 43.8 Å². The van der Waals surface area contributed by atoms with Crippen molar-refractivity contribution in [3.8, 4) is 22.8 Å². The van der Waals surface area contributed by atoms with Gasteiger partial charge in [-0.3, -0.25) is 14.7 Å². The molecular formula is C23H27N5O4.